The zero-order chi connectivity index (χ0) is 15.5. The average molecular weight is 425 g/mol. The molecule has 0 N–H and O–H groups in total. The maximum Gasteiger partial charge on any atom is -0.109 e. The van der Waals surface area contributed by atoms with Gasteiger partial charge in [0.25, 0.3) is 0 Å². The Morgan fingerprint density at radius 2 is 1.74 bits per heavy atom. The Hall–Kier alpha value is -0.487. The summed E-state index contributed by atoms with van der Waals surface area (Å²) in [5, 5.41) is 0. The molecule has 0 saturated carbocycles. The molecule has 0 aromatic heterocycles. The third-order valence-corrected chi connectivity index (χ3v) is 4.05. The number of aryl methyl sites for hydroxylation is 1. The predicted octanol–water partition coefficient (Wildman–Crippen LogP) is -0.908. The average Bonchev–Trinajstić information content (AvgIpc) is 3.17. The van der Waals surface area contributed by atoms with E-state index in [1.165, 1.54) is 46.5 Å². The van der Waals surface area contributed by atoms with E-state index in [1.807, 2.05) is 12.2 Å². The van der Waals surface area contributed by atoms with E-state index in [0.29, 0.717) is 0 Å². The summed E-state index contributed by atoms with van der Waals surface area (Å²) in [6.07, 6.45) is 16.2. The van der Waals surface area contributed by atoms with Crippen LogP contribution in [0.15, 0.2) is 59.7 Å². The van der Waals surface area contributed by atoms with Crippen LogP contribution in [0.5, 0.6) is 0 Å². The fourth-order valence-corrected chi connectivity index (χ4v) is 2.50. The molecule has 0 nitrogen and oxygen atoms in total. The molecule has 3 heteroatoms. The molecule has 0 heterocycles. The fourth-order valence-electron chi connectivity index (χ4n) is 1.71. The van der Waals surface area contributed by atoms with Gasteiger partial charge in [0.15, 0.2) is 0 Å². The van der Waals surface area contributed by atoms with Gasteiger partial charge < -0.3 is 24.8 Å². The Morgan fingerprint density at radius 3 is 2.00 bits per heavy atom. The number of allylic oxidation sites excluding steroid dienone is 8. The van der Waals surface area contributed by atoms with E-state index in [-0.39, 0.29) is 24.8 Å². The Labute approximate surface area is 168 Å². The van der Waals surface area contributed by atoms with Gasteiger partial charge >= 0.3 is 70.3 Å². The molecule has 122 valence electrons. The van der Waals surface area contributed by atoms with E-state index in [4.69, 9.17) is 0 Å². The van der Waals surface area contributed by atoms with Crippen LogP contribution in [0.4, 0.5) is 0 Å². The molecule has 0 saturated heterocycles. The Morgan fingerprint density at radius 1 is 1.04 bits per heavy atom. The summed E-state index contributed by atoms with van der Waals surface area (Å²) in [4.78, 5) is 0. The monoisotopic (exact) mass is 422 g/mol. The summed E-state index contributed by atoms with van der Waals surface area (Å²) in [5.41, 5.74) is 5.59. The minimum atomic E-state index is 0. The number of hydrogen-bond donors (Lipinski definition) is 0. The molecule has 0 amide bonds. The first kappa shape index (κ1) is 24.8. The van der Waals surface area contributed by atoms with Crippen molar-refractivity contribution in [3.05, 3.63) is 83.0 Å². The third-order valence-electron chi connectivity index (χ3n) is 3.29. The molecule has 0 radical (unpaired) electrons. The molecule has 1 aromatic carbocycles. The summed E-state index contributed by atoms with van der Waals surface area (Å²) in [6, 6.07) is 8.42. The first-order valence-corrected chi connectivity index (χ1v) is 8.58. The van der Waals surface area contributed by atoms with Gasteiger partial charge in [-0.3, -0.25) is 12.2 Å². The van der Waals surface area contributed by atoms with Crippen LogP contribution >= 0.6 is 0 Å². The summed E-state index contributed by atoms with van der Waals surface area (Å²) < 4.78 is 2.21. The molecule has 23 heavy (non-hydrogen) atoms. The van der Waals surface area contributed by atoms with Gasteiger partial charge in [-0.05, 0) is 0 Å². The Kier molecular flexibility index (Phi) is 16.2. The standard InChI is InChI=1S/C8H8.C7H9.C5H5.2ClH.Zr/c1-7-5-3-4-6-8(7)2;1-6-4-3-5-7(6)2;1-2-4-5-3-1;;;/h1,3-6H,2H3;4H,5H2,1-2H3;1-3H,4H2;2*1H;/q;2*-1;;;+2/p-2. The van der Waals surface area contributed by atoms with Crippen molar-refractivity contribution >= 4 is 3.71 Å². The van der Waals surface area contributed by atoms with E-state index in [1.54, 1.807) is 0 Å². The van der Waals surface area contributed by atoms with Crippen molar-refractivity contribution < 1.29 is 49.0 Å². The number of benzene rings is 1. The number of hydrogen-bond acceptors (Lipinski definition) is 0. The van der Waals surface area contributed by atoms with E-state index >= 15 is 0 Å². The van der Waals surface area contributed by atoms with Gasteiger partial charge in [-0.2, -0.15) is 11.6 Å². The summed E-state index contributed by atoms with van der Waals surface area (Å²) >= 11 is 1.47. The molecule has 0 atom stereocenters. The van der Waals surface area contributed by atoms with Crippen LogP contribution in [0, 0.1) is 19.1 Å². The first-order chi connectivity index (χ1) is 10.1. The normalized spacial score (nSPS) is 13.3. The van der Waals surface area contributed by atoms with E-state index in [9.17, 15) is 0 Å². The second kappa shape index (κ2) is 15.1. The molecule has 3 rings (SSSR count). The number of rotatable bonds is 1. The predicted molar refractivity (Wildman–Crippen MR) is 88.7 cm³/mol. The van der Waals surface area contributed by atoms with Gasteiger partial charge in [-0.1, -0.05) is 6.92 Å². The van der Waals surface area contributed by atoms with Gasteiger partial charge in [0.05, 0.1) is 0 Å². The van der Waals surface area contributed by atoms with Crippen LogP contribution in [0.1, 0.15) is 37.8 Å². The SMILES string of the molecule is CC1=C(C)C[C-]=C1.Cc1ccccc1[CH]=[Zr+2].[C-]1=CC=CC1.[Cl-].[Cl-]. The molecule has 1 aromatic rings. The van der Waals surface area contributed by atoms with Crippen LogP contribution in [-0.2, 0) is 24.2 Å². The molecule has 0 fully saturated rings. The van der Waals surface area contributed by atoms with Crippen molar-refractivity contribution in [2.45, 2.75) is 33.6 Å². The van der Waals surface area contributed by atoms with Crippen LogP contribution in [0.25, 0.3) is 0 Å². The van der Waals surface area contributed by atoms with Crippen LogP contribution < -0.4 is 24.8 Å². The van der Waals surface area contributed by atoms with Gasteiger partial charge in [0.1, 0.15) is 0 Å². The van der Waals surface area contributed by atoms with Crippen molar-refractivity contribution in [2.75, 3.05) is 0 Å². The molecule has 0 unspecified atom stereocenters. The largest absolute Gasteiger partial charge is 1.00 e. The van der Waals surface area contributed by atoms with E-state index in [2.05, 4.69) is 73.0 Å². The maximum atomic E-state index is 3.12. The zero-order valence-corrected chi connectivity index (χ0v) is 17.8. The quantitative estimate of drug-likeness (QED) is 0.513. The van der Waals surface area contributed by atoms with E-state index < -0.39 is 0 Å². The van der Waals surface area contributed by atoms with Crippen molar-refractivity contribution in [1.29, 1.82) is 0 Å². The van der Waals surface area contributed by atoms with Crippen LogP contribution in [-0.4, -0.2) is 3.71 Å². The molecular weight excluding hydrogens is 402 g/mol. The topological polar surface area (TPSA) is 0 Å². The van der Waals surface area contributed by atoms with Crippen LogP contribution in [0.3, 0.4) is 0 Å². The van der Waals surface area contributed by atoms with Gasteiger partial charge in [0.2, 0.25) is 0 Å². The zero-order valence-electron chi connectivity index (χ0n) is 13.9. The minimum absolute atomic E-state index is 0. The summed E-state index contributed by atoms with van der Waals surface area (Å²) in [7, 11) is 0. The van der Waals surface area contributed by atoms with Crippen molar-refractivity contribution in [3.8, 4) is 0 Å². The van der Waals surface area contributed by atoms with Crippen molar-refractivity contribution in [3.63, 3.8) is 0 Å². The van der Waals surface area contributed by atoms with Gasteiger partial charge in [-0.25, -0.2) is 23.8 Å². The number of halogens is 2. The molecular formula is C20H22Cl2Zr-2. The Bertz CT molecular complexity index is 571. The molecule has 2 aliphatic carbocycles. The van der Waals surface area contributed by atoms with Gasteiger partial charge in [-0.15, -0.1) is 19.8 Å². The second-order valence-electron chi connectivity index (χ2n) is 4.99. The third kappa shape index (κ3) is 10.8. The summed E-state index contributed by atoms with van der Waals surface area (Å²) in [5.74, 6) is 0. The smallest absolute Gasteiger partial charge is 0.109 e. The molecule has 0 spiro atoms. The summed E-state index contributed by atoms with van der Waals surface area (Å²) in [6.45, 7) is 6.40. The first-order valence-electron chi connectivity index (χ1n) is 7.16. The molecule has 0 aliphatic heterocycles. The Balaban J connectivity index is 0. The van der Waals surface area contributed by atoms with Crippen LogP contribution in [0.2, 0.25) is 0 Å². The second-order valence-corrected chi connectivity index (χ2v) is 5.70. The van der Waals surface area contributed by atoms with E-state index in [0.717, 1.165) is 12.8 Å². The van der Waals surface area contributed by atoms with Crippen molar-refractivity contribution in [2.24, 2.45) is 0 Å². The maximum absolute atomic E-state index is 3.12. The fraction of sp³-hybridized carbons (Fsp3) is 0.250. The molecule has 2 aliphatic rings. The minimum Gasteiger partial charge on any atom is -1.00 e. The van der Waals surface area contributed by atoms with Gasteiger partial charge in [0, 0.05) is 0 Å². The van der Waals surface area contributed by atoms with Crippen molar-refractivity contribution in [1.82, 2.24) is 0 Å². The molecule has 0 bridgehead atoms.